The summed E-state index contributed by atoms with van der Waals surface area (Å²) in [5, 5.41) is 18.4. The molecule has 0 N–H and O–H groups in total. The highest BCUT2D eigenvalue weighted by molar-refractivity contribution is 5.96. The van der Waals surface area contributed by atoms with Crippen molar-refractivity contribution < 1.29 is 13.6 Å². The highest BCUT2D eigenvalue weighted by atomic mass is 19.3. The van der Waals surface area contributed by atoms with E-state index in [1.54, 1.807) is 4.68 Å². The summed E-state index contributed by atoms with van der Waals surface area (Å²) in [5.41, 5.74) is 0.621. The average molecular weight is 319 g/mol. The number of hydrogen-bond acceptors (Lipinski definition) is 6. The molecule has 0 saturated carbocycles. The van der Waals surface area contributed by atoms with Crippen LogP contribution < -0.4 is 0 Å². The predicted octanol–water partition coefficient (Wildman–Crippen LogP) is 0.809. The number of halogens is 2. The zero-order valence-electron chi connectivity index (χ0n) is 11.8. The molecule has 0 unspecified atom stereocenters. The summed E-state index contributed by atoms with van der Waals surface area (Å²) < 4.78 is 27.5. The number of ketones is 1. The Morgan fingerprint density at radius 1 is 1.09 bits per heavy atom. The van der Waals surface area contributed by atoms with Gasteiger partial charge < -0.3 is 0 Å². The van der Waals surface area contributed by atoms with Crippen molar-refractivity contribution in [2.24, 2.45) is 0 Å². The lowest BCUT2D eigenvalue weighted by Crippen LogP contribution is -2.12. The third-order valence-electron chi connectivity index (χ3n) is 3.07. The Morgan fingerprint density at radius 2 is 1.87 bits per heavy atom. The number of hydrogen-bond donors (Lipinski definition) is 0. The molecule has 2 heterocycles. The van der Waals surface area contributed by atoms with Gasteiger partial charge in [0, 0.05) is 0 Å². The van der Waals surface area contributed by atoms with Crippen molar-refractivity contribution in [3.63, 3.8) is 0 Å². The van der Waals surface area contributed by atoms with Gasteiger partial charge in [-0.1, -0.05) is 35.5 Å². The smallest absolute Gasteiger partial charge is 0.286 e. The third kappa shape index (κ3) is 3.42. The van der Waals surface area contributed by atoms with E-state index in [-0.39, 0.29) is 12.2 Å². The van der Waals surface area contributed by atoms with Crippen LogP contribution in [-0.2, 0) is 13.1 Å². The first kappa shape index (κ1) is 14.9. The fraction of sp³-hybridized carbons (Fsp3) is 0.231. The molecule has 0 aliphatic heterocycles. The van der Waals surface area contributed by atoms with Crippen LogP contribution in [0.25, 0.3) is 0 Å². The maximum Gasteiger partial charge on any atom is 0.302 e. The lowest BCUT2D eigenvalue weighted by molar-refractivity contribution is 0.0673. The second kappa shape index (κ2) is 6.38. The van der Waals surface area contributed by atoms with Crippen molar-refractivity contribution in [1.82, 2.24) is 35.2 Å². The number of alkyl halides is 2. The quantitative estimate of drug-likeness (QED) is 0.624. The Labute approximate surface area is 128 Å². The third-order valence-corrected chi connectivity index (χ3v) is 3.07. The Morgan fingerprint density at radius 3 is 2.61 bits per heavy atom. The number of aromatic nitrogens is 7. The maximum absolute atomic E-state index is 12.3. The zero-order valence-corrected chi connectivity index (χ0v) is 11.8. The molecule has 0 aliphatic carbocycles. The first-order chi connectivity index (χ1) is 11.1. The van der Waals surface area contributed by atoms with Crippen LogP contribution in [0.3, 0.4) is 0 Å². The number of carbonyl (C=O) groups excluding carboxylic acids is 1. The average Bonchev–Trinajstić information content (AvgIpc) is 3.18. The van der Waals surface area contributed by atoms with Gasteiger partial charge in [-0.15, -0.1) is 10.2 Å². The second-order valence-corrected chi connectivity index (χ2v) is 4.70. The summed E-state index contributed by atoms with van der Waals surface area (Å²) in [7, 11) is 0. The van der Waals surface area contributed by atoms with E-state index >= 15 is 0 Å². The molecule has 0 spiro atoms. The van der Waals surface area contributed by atoms with E-state index in [0.717, 1.165) is 11.8 Å². The maximum atomic E-state index is 12.3. The molecule has 2 aromatic heterocycles. The summed E-state index contributed by atoms with van der Waals surface area (Å²) in [6.45, 7) is 0.573. The fourth-order valence-corrected chi connectivity index (χ4v) is 1.96. The van der Waals surface area contributed by atoms with E-state index in [1.807, 2.05) is 30.3 Å². The topological polar surface area (TPSA) is 91.4 Å². The van der Waals surface area contributed by atoms with E-state index in [4.69, 9.17) is 0 Å². The van der Waals surface area contributed by atoms with Crippen molar-refractivity contribution in [3.05, 3.63) is 53.6 Å². The van der Waals surface area contributed by atoms with Crippen LogP contribution in [-0.4, -0.2) is 47.4 Å². The van der Waals surface area contributed by atoms with Gasteiger partial charge in [-0.05, 0) is 16.0 Å². The van der Waals surface area contributed by atoms with Crippen molar-refractivity contribution in [2.45, 2.75) is 19.5 Å². The molecule has 0 bridgehead atoms. The number of carbonyl (C=O) groups is 1. The second-order valence-electron chi connectivity index (χ2n) is 4.70. The van der Waals surface area contributed by atoms with Gasteiger partial charge in [-0.25, -0.2) is 18.1 Å². The SMILES string of the molecule is O=C(c1cn(Cc2nnnn2Cc2ccccc2)nn1)C(F)F. The molecule has 3 aromatic rings. The number of tetrazole rings is 1. The van der Waals surface area contributed by atoms with Crippen molar-refractivity contribution >= 4 is 5.78 Å². The molecule has 0 saturated heterocycles. The van der Waals surface area contributed by atoms with Gasteiger partial charge in [-0.2, -0.15) is 0 Å². The lowest BCUT2D eigenvalue weighted by Gasteiger charge is -2.04. The van der Waals surface area contributed by atoms with E-state index in [1.165, 1.54) is 4.68 Å². The number of Topliss-reactive ketones (excluding diaryl/α,β-unsaturated/α-hetero) is 1. The van der Waals surface area contributed by atoms with E-state index < -0.39 is 12.2 Å². The molecular formula is C13H11F2N7O. The van der Waals surface area contributed by atoms with E-state index in [9.17, 15) is 13.6 Å². The Balaban J connectivity index is 1.74. The monoisotopic (exact) mass is 319 g/mol. The minimum Gasteiger partial charge on any atom is -0.286 e. The van der Waals surface area contributed by atoms with Gasteiger partial charge in [0.1, 0.15) is 6.54 Å². The van der Waals surface area contributed by atoms with Gasteiger partial charge in [-0.3, -0.25) is 4.79 Å². The van der Waals surface area contributed by atoms with Crippen LogP contribution in [0.5, 0.6) is 0 Å². The Hall–Kier alpha value is -3.04. The Bertz CT molecular complexity index is 800. The summed E-state index contributed by atoms with van der Waals surface area (Å²) in [5.74, 6) is -0.894. The fourth-order valence-electron chi connectivity index (χ4n) is 1.96. The van der Waals surface area contributed by atoms with Gasteiger partial charge in [0.2, 0.25) is 0 Å². The van der Waals surface area contributed by atoms with E-state index in [0.29, 0.717) is 12.4 Å². The largest absolute Gasteiger partial charge is 0.302 e. The van der Waals surface area contributed by atoms with Gasteiger partial charge in [0.15, 0.2) is 11.5 Å². The highest BCUT2D eigenvalue weighted by Crippen LogP contribution is 2.06. The van der Waals surface area contributed by atoms with Crippen molar-refractivity contribution in [3.8, 4) is 0 Å². The van der Waals surface area contributed by atoms with Gasteiger partial charge in [0.05, 0.1) is 12.7 Å². The summed E-state index contributed by atoms with van der Waals surface area (Å²) in [4.78, 5) is 11.2. The summed E-state index contributed by atoms with van der Waals surface area (Å²) in [6.07, 6.45) is -1.96. The standard InChI is InChI=1S/C13H11F2N7O/c14-13(15)12(23)10-7-21(19-16-10)8-11-17-18-20-22(11)6-9-4-2-1-3-5-9/h1-5,7,13H,6,8H2. The van der Waals surface area contributed by atoms with Crippen LogP contribution in [0, 0.1) is 0 Å². The molecule has 10 heteroatoms. The number of benzene rings is 1. The number of nitrogens with zero attached hydrogens (tertiary/aromatic N) is 7. The van der Waals surface area contributed by atoms with Crippen LogP contribution in [0.4, 0.5) is 8.78 Å². The van der Waals surface area contributed by atoms with Crippen LogP contribution in [0.15, 0.2) is 36.5 Å². The minimum absolute atomic E-state index is 0.114. The molecule has 0 atom stereocenters. The van der Waals surface area contributed by atoms with Gasteiger partial charge >= 0.3 is 6.43 Å². The minimum atomic E-state index is -3.11. The van der Waals surface area contributed by atoms with Gasteiger partial charge in [0.25, 0.3) is 5.78 Å². The molecule has 0 aliphatic rings. The molecule has 0 radical (unpaired) electrons. The van der Waals surface area contributed by atoms with Crippen molar-refractivity contribution in [2.75, 3.05) is 0 Å². The normalized spacial score (nSPS) is 11.1. The molecule has 118 valence electrons. The van der Waals surface area contributed by atoms with Crippen LogP contribution in [0.1, 0.15) is 21.9 Å². The highest BCUT2D eigenvalue weighted by Gasteiger charge is 2.21. The first-order valence-electron chi connectivity index (χ1n) is 6.65. The molecule has 1 aromatic carbocycles. The first-order valence-corrected chi connectivity index (χ1v) is 6.65. The zero-order chi connectivity index (χ0) is 16.2. The Kier molecular flexibility index (Phi) is 4.13. The number of rotatable bonds is 6. The summed E-state index contributed by atoms with van der Waals surface area (Å²) in [6, 6.07) is 9.57. The van der Waals surface area contributed by atoms with Crippen LogP contribution >= 0.6 is 0 Å². The molecule has 0 fully saturated rings. The molecule has 8 nitrogen and oxygen atoms in total. The van der Waals surface area contributed by atoms with E-state index in [2.05, 4.69) is 25.8 Å². The molecule has 23 heavy (non-hydrogen) atoms. The molecule has 0 amide bonds. The van der Waals surface area contributed by atoms with Crippen LogP contribution in [0.2, 0.25) is 0 Å². The molecule has 3 rings (SSSR count). The van der Waals surface area contributed by atoms with Crippen molar-refractivity contribution in [1.29, 1.82) is 0 Å². The summed E-state index contributed by atoms with van der Waals surface area (Å²) >= 11 is 0. The lowest BCUT2D eigenvalue weighted by atomic mass is 10.2. The predicted molar refractivity (Wildman–Crippen MR) is 72.8 cm³/mol. The molecular weight excluding hydrogens is 308 g/mol.